The number of methoxy groups -OCH3 is 1. The van der Waals surface area contributed by atoms with Gasteiger partial charge in [0.25, 0.3) is 0 Å². The summed E-state index contributed by atoms with van der Waals surface area (Å²) in [7, 11) is 1.58. The lowest BCUT2D eigenvalue weighted by atomic mass is 10.2. The van der Waals surface area contributed by atoms with Gasteiger partial charge >= 0.3 is 11.9 Å². The highest BCUT2D eigenvalue weighted by Crippen LogP contribution is 2.26. The Hall–Kier alpha value is -4.44. The number of hydrogen-bond acceptors (Lipinski definition) is 7. The van der Waals surface area contributed by atoms with Crippen LogP contribution in [0.25, 0.3) is 0 Å². The van der Waals surface area contributed by atoms with Crippen molar-refractivity contribution in [1.29, 1.82) is 0 Å². The van der Waals surface area contributed by atoms with Gasteiger partial charge in [-0.25, -0.2) is 9.59 Å². The molecule has 4 aromatic rings. The van der Waals surface area contributed by atoms with Gasteiger partial charge in [-0.1, -0.05) is 23.2 Å². The first-order chi connectivity index (χ1) is 19.3. The average molecular weight is 594 g/mol. The van der Waals surface area contributed by atoms with Crippen LogP contribution < -0.4 is 25.0 Å². The Morgan fingerprint density at radius 2 is 1.32 bits per heavy atom. The molecule has 0 amide bonds. The summed E-state index contributed by atoms with van der Waals surface area (Å²) in [4.78, 5) is 25.4. The number of nitrogens with one attached hydrogen (secondary N) is 2. The first-order valence-corrected chi connectivity index (χ1v) is 12.8. The average Bonchev–Trinajstić information content (AvgIpc) is 2.95. The van der Waals surface area contributed by atoms with Crippen LogP contribution in [0.1, 0.15) is 26.3 Å². The van der Waals surface area contributed by atoms with Crippen molar-refractivity contribution in [2.24, 2.45) is 5.10 Å². The monoisotopic (exact) mass is 593 g/mol. The second-order valence-electron chi connectivity index (χ2n) is 8.05. The molecule has 0 unspecified atom stereocenters. The van der Waals surface area contributed by atoms with Crippen LogP contribution in [0.4, 0.5) is 5.69 Å². The lowest BCUT2D eigenvalue weighted by molar-refractivity contribution is 0.0732. The van der Waals surface area contributed by atoms with Crippen LogP contribution in [0, 0.1) is 0 Å². The topological polar surface area (TPSA) is 98.2 Å². The largest absolute Gasteiger partial charge is 0.497 e. The number of hydrogen-bond donors (Lipinski definition) is 2. The summed E-state index contributed by atoms with van der Waals surface area (Å²) < 4.78 is 16.2. The van der Waals surface area contributed by atoms with Gasteiger partial charge in [-0.2, -0.15) is 5.10 Å². The van der Waals surface area contributed by atoms with E-state index in [-0.39, 0.29) is 22.2 Å². The number of esters is 2. The third-order valence-corrected chi connectivity index (χ3v) is 5.97. The summed E-state index contributed by atoms with van der Waals surface area (Å²) in [5, 5.41) is 8.33. The molecule has 8 nitrogen and oxygen atoms in total. The van der Waals surface area contributed by atoms with Gasteiger partial charge in [-0.15, -0.1) is 0 Å². The third-order valence-electron chi connectivity index (χ3n) is 5.28. The molecular formula is C29H21Cl2N3O5S. The molecule has 0 heterocycles. The van der Waals surface area contributed by atoms with E-state index in [1.54, 1.807) is 79.9 Å². The number of benzene rings is 4. The number of thiocarbonyl (C=S) groups is 1. The van der Waals surface area contributed by atoms with Crippen molar-refractivity contribution >= 4 is 64.4 Å². The number of carbonyl (C=O) groups excluding carboxylic acids is 2. The minimum Gasteiger partial charge on any atom is -0.497 e. The molecule has 4 rings (SSSR count). The minimum absolute atomic E-state index is 0.0981. The molecule has 202 valence electrons. The van der Waals surface area contributed by atoms with E-state index in [1.165, 1.54) is 24.4 Å². The van der Waals surface area contributed by atoms with Crippen LogP contribution in [0.5, 0.6) is 17.2 Å². The van der Waals surface area contributed by atoms with Crippen LogP contribution >= 0.6 is 35.4 Å². The number of anilines is 1. The van der Waals surface area contributed by atoms with E-state index in [2.05, 4.69) is 15.8 Å². The maximum Gasteiger partial charge on any atom is 0.343 e. The van der Waals surface area contributed by atoms with E-state index in [1.807, 2.05) is 0 Å². The number of halogens is 2. The lowest BCUT2D eigenvalue weighted by Gasteiger charge is -2.11. The molecule has 0 spiro atoms. The Morgan fingerprint density at radius 3 is 1.90 bits per heavy atom. The number of rotatable bonds is 8. The van der Waals surface area contributed by atoms with Crippen LogP contribution in [-0.2, 0) is 0 Å². The Labute approximate surface area is 245 Å². The second-order valence-corrected chi connectivity index (χ2v) is 9.33. The number of carbonyl (C=O) groups is 2. The van der Waals surface area contributed by atoms with E-state index in [4.69, 9.17) is 49.6 Å². The van der Waals surface area contributed by atoms with Crippen molar-refractivity contribution in [2.75, 3.05) is 12.4 Å². The smallest absolute Gasteiger partial charge is 0.343 e. The van der Waals surface area contributed by atoms with Gasteiger partial charge in [0.05, 0.1) is 24.5 Å². The summed E-state index contributed by atoms with van der Waals surface area (Å²) >= 11 is 17.1. The molecule has 0 radical (unpaired) electrons. The molecule has 40 heavy (non-hydrogen) atoms. The SMILES string of the molecule is COc1ccc(NC(=S)N/N=C\c2ccc(OC(=O)c3ccc(Cl)cc3)cc2OC(=O)c2ccc(Cl)cc2)cc1. The molecule has 0 aliphatic carbocycles. The molecule has 0 bridgehead atoms. The van der Waals surface area contributed by atoms with E-state index < -0.39 is 11.9 Å². The van der Waals surface area contributed by atoms with E-state index in [0.717, 1.165) is 5.69 Å². The van der Waals surface area contributed by atoms with Crippen molar-refractivity contribution in [2.45, 2.75) is 0 Å². The number of ether oxygens (including phenoxy) is 3. The zero-order valence-corrected chi connectivity index (χ0v) is 23.2. The van der Waals surface area contributed by atoms with Gasteiger partial charge in [0.1, 0.15) is 17.2 Å². The standard InChI is InChI=1S/C29H21Cl2N3O5S/c1-37-24-14-11-23(12-15-24)33-29(40)34-32-17-20-6-13-25(38-27(35)18-2-7-21(30)8-3-18)16-26(20)39-28(36)19-4-9-22(31)10-5-19/h2-17H,1H3,(H2,33,34,40)/b32-17-. The van der Waals surface area contributed by atoms with Gasteiger partial charge in [-0.05, 0) is 97.1 Å². The van der Waals surface area contributed by atoms with Gasteiger partial charge < -0.3 is 19.5 Å². The zero-order chi connectivity index (χ0) is 28.5. The molecule has 0 saturated carbocycles. The molecule has 0 fully saturated rings. The molecule has 4 aromatic carbocycles. The van der Waals surface area contributed by atoms with Crippen molar-refractivity contribution in [1.82, 2.24) is 5.43 Å². The molecule has 2 N–H and O–H groups in total. The maximum absolute atomic E-state index is 12.8. The summed E-state index contributed by atoms with van der Waals surface area (Å²) in [6.07, 6.45) is 1.41. The first kappa shape index (κ1) is 28.6. The third kappa shape index (κ3) is 8.03. The van der Waals surface area contributed by atoms with Crippen LogP contribution in [-0.4, -0.2) is 30.4 Å². The Balaban J connectivity index is 1.51. The number of hydrazone groups is 1. The summed E-state index contributed by atoms with van der Waals surface area (Å²) in [5.41, 5.74) is 4.43. The molecular weight excluding hydrogens is 573 g/mol. The fourth-order valence-corrected chi connectivity index (χ4v) is 3.69. The fourth-order valence-electron chi connectivity index (χ4n) is 3.26. The van der Waals surface area contributed by atoms with Crippen LogP contribution in [0.15, 0.2) is 96.1 Å². The lowest BCUT2D eigenvalue weighted by Crippen LogP contribution is -2.23. The molecule has 0 atom stereocenters. The van der Waals surface area contributed by atoms with Crippen molar-refractivity contribution in [3.05, 3.63) is 118 Å². The van der Waals surface area contributed by atoms with Crippen molar-refractivity contribution in [3.63, 3.8) is 0 Å². The molecule has 0 aromatic heterocycles. The van der Waals surface area contributed by atoms with Gasteiger partial charge in [0.2, 0.25) is 0 Å². The maximum atomic E-state index is 12.8. The highest BCUT2D eigenvalue weighted by molar-refractivity contribution is 7.80. The normalized spacial score (nSPS) is 10.6. The summed E-state index contributed by atoms with van der Waals surface area (Å²) in [6.45, 7) is 0. The van der Waals surface area contributed by atoms with E-state index in [0.29, 0.717) is 26.9 Å². The quantitative estimate of drug-likeness (QED) is 0.0760. The fraction of sp³-hybridized carbons (Fsp3) is 0.0345. The van der Waals surface area contributed by atoms with Gasteiger partial charge in [0, 0.05) is 27.4 Å². The first-order valence-electron chi connectivity index (χ1n) is 11.6. The number of nitrogens with zero attached hydrogens (tertiary/aromatic N) is 1. The molecule has 0 aliphatic heterocycles. The van der Waals surface area contributed by atoms with Crippen LogP contribution in [0.3, 0.4) is 0 Å². The molecule has 0 saturated heterocycles. The predicted octanol–water partition coefficient (Wildman–Crippen LogP) is 6.76. The zero-order valence-electron chi connectivity index (χ0n) is 20.9. The second kappa shape index (κ2) is 13.6. The molecule has 0 aliphatic rings. The highest BCUT2D eigenvalue weighted by atomic mass is 35.5. The van der Waals surface area contributed by atoms with Crippen LogP contribution in [0.2, 0.25) is 10.0 Å². The van der Waals surface area contributed by atoms with Crippen molar-refractivity contribution in [3.8, 4) is 17.2 Å². The summed E-state index contributed by atoms with van der Waals surface area (Å²) in [5.74, 6) is -0.283. The Kier molecular flexibility index (Phi) is 9.69. The van der Waals surface area contributed by atoms with Gasteiger partial charge in [0.15, 0.2) is 5.11 Å². The summed E-state index contributed by atoms with van der Waals surface area (Å²) in [6, 6.07) is 24.2. The van der Waals surface area contributed by atoms with Gasteiger partial charge in [-0.3, -0.25) is 5.43 Å². The van der Waals surface area contributed by atoms with Crippen molar-refractivity contribution < 1.29 is 23.8 Å². The Morgan fingerprint density at radius 1 is 0.775 bits per heavy atom. The Bertz CT molecular complexity index is 1540. The van der Waals surface area contributed by atoms with E-state index in [9.17, 15) is 9.59 Å². The molecule has 11 heteroatoms. The predicted molar refractivity (Wildman–Crippen MR) is 159 cm³/mol. The minimum atomic E-state index is -0.642. The highest BCUT2D eigenvalue weighted by Gasteiger charge is 2.15. The van der Waals surface area contributed by atoms with E-state index >= 15 is 0 Å².